The monoisotopic (exact) mass is 552 g/mol. The lowest BCUT2D eigenvalue weighted by Gasteiger charge is -2.14. The quantitative estimate of drug-likeness (QED) is 0.237. The van der Waals surface area contributed by atoms with E-state index in [-0.39, 0.29) is 18.1 Å². The Morgan fingerprint density at radius 2 is 1.58 bits per heavy atom. The van der Waals surface area contributed by atoms with Crippen molar-refractivity contribution in [2.24, 2.45) is 7.05 Å². The van der Waals surface area contributed by atoms with Crippen LogP contribution in [-0.4, -0.2) is 16.7 Å². The van der Waals surface area contributed by atoms with Crippen molar-refractivity contribution in [2.75, 3.05) is 7.11 Å². The van der Waals surface area contributed by atoms with E-state index in [1.807, 2.05) is 0 Å². The third-order valence-electron chi connectivity index (χ3n) is 5.41. The maximum Gasteiger partial charge on any atom is 0.417 e. The highest BCUT2D eigenvalue weighted by Gasteiger charge is 2.33. The standard InChI is InChI=1S/C26H18ClF5N2O4/c1-34-22(15-3-5-16(36-2)6-4-15)12-23(33-25(34)35)37-13-14-9-20(28)24(21(29)10-14)38-17-7-8-19(27)18(11-17)26(30,31)32/h3-12H,13H2,1-2H3. The minimum atomic E-state index is -4.78. The van der Waals surface area contributed by atoms with E-state index in [0.717, 1.165) is 24.3 Å². The van der Waals surface area contributed by atoms with Gasteiger partial charge < -0.3 is 14.2 Å². The van der Waals surface area contributed by atoms with Crippen LogP contribution in [0.5, 0.6) is 23.1 Å². The molecular formula is C26H18ClF5N2O4. The van der Waals surface area contributed by atoms with Gasteiger partial charge in [-0.1, -0.05) is 11.6 Å². The summed E-state index contributed by atoms with van der Waals surface area (Å²) in [5, 5.41) is -0.585. The normalized spacial score (nSPS) is 11.4. The predicted octanol–water partition coefficient (Wildman–Crippen LogP) is 6.78. The van der Waals surface area contributed by atoms with Gasteiger partial charge in [-0.2, -0.15) is 18.2 Å². The van der Waals surface area contributed by atoms with Crippen LogP contribution in [0.3, 0.4) is 0 Å². The van der Waals surface area contributed by atoms with Gasteiger partial charge in [0.05, 0.1) is 23.4 Å². The number of alkyl halides is 3. The van der Waals surface area contributed by atoms with Crippen LogP contribution < -0.4 is 19.9 Å². The Bertz CT molecular complexity index is 1520. The van der Waals surface area contributed by atoms with E-state index >= 15 is 0 Å². The van der Waals surface area contributed by atoms with Gasteiger partial charge >= 0.3 is 11.9 Å². The van der Waals surface area contributed by atoms with E-state index in [0.29, 0.717) is 23.1 Å². The number of methoxy groups -OCH3 is 1. The molecule has 0 aliphatic heterocycles. The summed E-state index contributed by atoms with van der Waals surface area (Å²) in [5.41, 5.74) is -0.654. The minimum Gasteiger partial charge on any atom is -0.497 e. The molecule has 0 fully saturated rings. The Kier molecular flexibility index (Phi) is 7.58. The van der Waals surface area contributed by atoms with Crippen LogP contribution >= 0.6 is 11.6 Å². The molecule has 4 aromatic rings. The smallest absolute Gasteiger partial charge is 0.417 e. The maximum atomic E-state index is 14.7. The average Bonchev–Trinajstić information content (AvgIpc) is 2.87. The van der Waals surface area contributed by atoms with Crippen molar-refractivity contribution in [2.45, 2.75) is 12.8 Å². The van der Waals surface area contributed by atoms with Crippen molar-refractivity contribution in [3.8, 4) is 34.4 Å². The summed E-state index contributed by atoms with van der Waals surface area (Å²) in [4.78, 5) is 16.1. The maximum absolute atomic E-state index is 14.7. The van der Waals surface area contributed by atoms with Crippen LogP contribution in [0, 0.1) is 11.6 Å². The van der Waals surface area contributed by atoms with E-state index in [4.69, 9.17) is 25.8 Å². The molecule has 0 aliphatic carbocycles. The van der Waals surface area contributed by atoms with Crippen molar-refractivity contribution in [1.82, 2.24) is 9.55 Å². The topological polar surface area (TPSA) is 62.6 Å². The molecule has 0 saturated carbocycles. The number of rotatable bonds is 7. The first-order valence-electron chi connectivity index (χ1n) is 10.8. The van der Waals surface area contributed by atoms with E-state index < -0.39 is 45.6 Å². The van der Waals surface area contributed by atoms with Gasteiger partial charge in [0, 0.05) is 13.1 Å². The third-order valence-corrected chi connectivity index (χ3v) is 5.74. The first-order chi connectivity index (χ1) is 18.0. The Morgan fingerprint density at radius 1 is 0.947 bits per heavy atom. The Hall–Kier alpha value is -4.12. The van der Waals surface area contributed by atoms with Crippen LogP contribution in [0.2, 0.25) is 5.02 Å². The number of benzene rings is 3. The van der Waals surface area contributed by atoms with Crippen LogP contribution in [0.1, 0.15) is 11.1 Å². The molecule has 1 heterocycles. The lowest BCUT2D eigenvalue weighted by atomic mass is 10.1. The first kappa shape index (κ1) is 26.9. The van der Waals surface area contributed by atoms with E-state index in [9.17, 15) is 26.7 Å². The zero-order chi connectivity index (χ0) is 27.6. The molecule has 38 heavy (non-hydrogen) atoms. The summed E-state index contributed by atoms with van der Waals surface area (Å²) in [6.45, 7) is -0.366. The number of hydrogen-bond acceptors (Lipinski definition) is 5. The fraction of sp³-hybridized carbons (Fsp3) is 0.154. The highest BCUT2D eigenvalue weighted by Crippen LogP contribution is 2.38. The van der Waals surface area contributed by atoms with Crippen molar-refractivity contribution in [1.29, 1.82) is 0 Å². The van der Waals surface area contributed by atoms with Gasteiger partial charge in [0.2, 0.25) is 5.88 Å². The fourth-order valence-electron chi connectivity index (χ4n) is 3.48. The number of ether oxygens (including phenoxy) is 3. The largest absolute Gasteiger partial charge is 0.497 e. The summed E-state index contributed by atoms with van der Waals surface area (Å²) in [6, 6.07) is 12.7. The number of aromatic nitrogens is 2. The number of hydrogen-bond donors (Lipinski definition) is 0. The zero-order valence-corrected chi connectivity index (χ0v) is 20.5. The van der Waals surface area contributed by atoms with Crippen LogP contribution in [-0.2, 0) is 19.8 Å². The lowest BCUT2D eigenvalue weighted by Crippen LogP contribution is -2.22. The van der Waals surface area contributed by atoms with Gasteiger partial charge in [0.25, 0.3) is 0 Å². The molecule has 1 aromatic heterocycles. The molecule has 0 N–H and O–H groups in total. The van der Waals surface area contributed by atoms with E-state index in [1.54, 1.807) is 24.3 Å². The van der Waals surface area contributed by atoms with Crippen LogP contribution in [0.4, 0.5) is 22.0 Å². The summed E-state index contributed by atoms with van der Waals surface area (Å²) in [5.74, 6) is -3.18. The van der Waals surface area contributed by atoms with Crippen molar-refractivity contribution < 1.29 is 36.2 Å². The summed E-state index contributed by atoms with van der Waals surface area (Å²) in [7, 11) is 3.05. The molecule has 0 amide bonds. The molecule has 4 rings (SSSR count). The van der Waals surface area contributed by atoms with E-state index in [1.165, 1.54) is 24.8 Å². The van der Waals surface area contributed by atoms with Crippen molar-refractivity contribution in [3.63, 3.8) is 0 Å². The zero-order valence-electron chi connectivity index (χ0n) is 19.8. The second-order valence-electron chi connectivity index (χ2n) is 7.97. The van der Waals surface area contributed by atoms with Gasteiger partial charge in [0.15, 0.2) is 17.4 Å². The highest BCUT2D eigenvalue weighted by atomic mass is 35.5. The third kappa shape index (κ3) is 5.88. The molecule has 0 spiro atoms. The second kappa shape index (κ2) is 10.7. The molecule has 0 bridgehead atoms. The Balaban J connectivity index is 1.54. The summed E-state index contributed by atoms with van der Waals surface area (Å²) in [6.07, 6.45) is -4.78. The molecule has 0 aliphatic rings. The van der Waals surface area contributed by atoms with E-state index in [2.05, 4.69) is 4.98 Å². The predicted molar refractivity (Wildman–Crippen MR) is 129 cm³/mol. The fourth-order valence-corrected chi connectivity index (χ4v) is 3.71. The molecule has 12 heteroatoms. The first-order valence-corrected chi connectivity index (χ1v) is 11.2. The van der Waals surface area contributed by atoms with Gasteiger partial charge in [-0.3, -0.25) is 4.57 Å². The van der Waals surface area contributed by atoms with Gasteiger partial charge in [-0.25, -0.2) is 13.6 Å². The second-order valence-corrected chi connectivity index (χ2v) is 8.38. The minimum absolute atomic E-state index is 0.0212. The molecule has 0 atom stereocenters. The number of halogens is 6. The highest BCUT2D eigenvalue weighted by molar-refractivity contribution is 6.31. The molecule has 0 saturated heterocycles. The molecule has 3 aromatic carbocycles. The molecular weight excluding hydrogens is 535 g/mol. The Labute approximate surface area is 217 Å². The van der Waals surface area contributed by atoms with Gasteiger partial charge in [-0.05, 0) is 65.7 Å². The molecule has 6 nitrogen and oxygen atoms in total. The summed E-state index contributed by atoms with van der Waals surface area (Å²) >= 11 is 5.56. The molecule has 0 unspecified atom stereocenters. The Morgan fingerprint density at radius 3 is 2.18 bits per heavy atom. The number of nitrogens with zero attached hydrogens (tertiary/aromatic N) is 2. The van der Waals surface area contributed by atoms with Gasteiger partial charge in [-0.15, -0.1) is 0 Å². The SMILES string of the molecule is COc1ccc(-c2cc(OCc3cc(F)c(Oc4ccc(Cl)c(C(F)(F)F)c4)c(F)c3)nc(=O)n2C)cc1. The molecule has 0 radical (unpaired) electrons. The van der Waals surface area contributed by atoms with Crippen molar-refractivity contribution >= 4 is 11.6 Å². The van der Waals surface area contributed by atoms with Crippen LogP contribution in [0.15, 0.2) is 65.5 Å². The van der Waals surface area contributed by atoms with Crippen LogP contribution in [0.25, 0.3) is 11.3 Å². The van der Waals surface area contributed by atoms with Crippen molar-refractivity contribution in [3.05, 3.63) is 98.9 Å². The van der Waals surface area contributed by atoms with Gasteiger partial charge in [0.1, 0.15) is 18.1 Å². The average molecular weight is 553 g/mol. The lowest BCUT2D eigenvalue weighted by molar-refractivity contribution is -0.137. The molecule has 198 valence electrons. The summed E-state index contributed by atoms with van der Waals surface area (Å²) < 4.78 is 85.5.